The maximum atomic E-state index is 13.1. The molecule has 13 heavy (non-hydrogen) atoms. The summed E-state index contributed by atoms with van der Waals surface area (Å²) in [4.78, 5) is 0. The van der Waals surface area contributed by atoms with Crippen LogP contribution in [0.15, 0.2) is 12.1 Å². The van der Waals surface area contributed by atoms with Crippen LogP contribution in [0.4, 0.5) is 4.39 Å². The van der Waals surface area contributed by atoms with Crippen LogP contribution < -0.4 is 5.73 Å². The molecule has 0 heterocycles. The first kappa shape index (κ1) is 8.28. The van der Waals surface area contributed by atoms with Gasteiger partial charge >= 0.3 is 0 Å². The maximum absolute atomic E-state index is 13.1. The largest absolute Gasteiger partial charge is 0.504 e. The number of benzene rings is 1. The van der Waals surface area contributed by atoms with Crippen LogP contribution in [0, 0.1) is 5.82 Å². The van der Waals surface area contributed by atoms with E-state index in [-0.39, 0.29) is 0 Å². The van der Waals surface area contributed by atoms with Crippen molar-refractivity contribution in [1.29, 1.82) is 0 Å². The highest BCUT2D eigenvalue weighted by Gasteiger charge is 2.14. The summed E-state index contributed by atoms with van der Waals surface area (Å²) in [6, 6.07) is 1.38. The van der Waals surface area contributed by atoms with E-state index >= 15 is 0 Å². The van der Waals surface area contributed by atoms with Gasteiger partial charge in [0.15, 0.2) is 11.5 Å². The third kappa shape index (κ3) is 1.88. The molecule has 0 aromatic heterocycles. The molecule has 4 nitrogen and oxygen atoms in total. The molecule has 0 aliphatic heterocycles. The van der Waals surface area contributed by atoms with E-state index in [2.05, 4.69) is 0 Å². The first-order valence-corrected chi connectivity index (χ1v) is 3.53. The normalized spacial score (nSPS) is 16.4. The predicted octanol–water partition coefficient (Wildman–Crippen LogP) is 0.229. The van der Waals surface area contributed by atoms with Crippen molar-refractivity contribution in [2.75, 3.05) is 6.54 Å². The first-order valence-electron chi connectivity index (χ1n) is 4.03. The van der Waals surface area contributed by atoms with Crippen LogP contribution in [0.2, 0.25) is 0 Å². The third-order valence-corrected chi connectivity index (χ3v) is 1.57. The molecule has 0 amide bonds. The van der Waals surface area contributed by atoms with Crippen molar-refractivity contribution < 1.29 is 21.1 Å². The Hall–Kier alpha value is -1.33. The van der Waals surface area contributed by atoms with E-state index in [0.29, 0.717) is 6.07 Å². The highest BCUT2D eigenvalue weighted by Crippen LogP contribution is 2.30. The van der Waals surface area contributed by atoms with E-state index in [9.17, 15) is 9.50 Å². The summed E-state index contributed by atoms with van der Waals surface area (Å²) in [5.74, 6) is -2.26. The van der Waals surface area contributed by atoms with E-state index in [1.807, 2.05) is 0 Å². The Labute approximate surface area is 75.5 Å². The smallest absolute Gasteiger partial charge is 0.160 e. The molecule has 0 saturated carbocycles. The molecule has 1 aromatic carbocycles. The lowest BCUT2D eigenvalue weighted by Crippen LogP contribution is -2.12. The second kappa shape index (κ2) is 3.59. The van der Waals surface area contributed by atoms with Gasteiger partial charge in [0, 0.05) is 18.2 Å². The summed E-state index contributed by atoms with van der Waals surface area (Å²) < 4.78 is 20.3. The second-order valence-corrected chi connectivity index (χ2v) is 2.47. The van der Waals surface area contributed by atoms with Gasteiger partial charge in [0.1, 0.15) is 5.82 Å². The van der Waals surface area contributed by atoms with Crippen molar-refractivity contribution in [1.82, 2.24) is 0 Å². The van der Waals surface area contributed by atoms with Gasteiger partial charge in [-0.3, -0.25) is 0 Å². The zero-order valence-corrected chi connectivity index (χ0v) is 6.66. The summed E-state index contributed by atoms with van der Waals surface area (Å²) in [7, 11) is 0. The lowest BCUT2D eigenvalue weighted by atomic mass is 10.1. The van der Waals surface area contributed by atoms with Crippen LogP contribution in [-0.2, 0) is 0 Å². The van der Waals surface area contributed by atoms with Crippen molar-refractivity contribution in [3.05, 3.63) is 23.5 Å². The molecule has 5 N–H and O–H groups in total. The zero-order valence-electron chi connectivity index (χ0n) is 7.66. The molecule has 0 fully saturated rings. The van der Waals surface area contributed by atoms with Crippen LogP contribution >= 0.6 is 0 Å². The lowest BCUT2D eigenvalue weighted by molar-refractivity contribution is 0.181. The van der Waals surface area contributed by atoms with Crippen molar-refractivity contribution in [3.8, 4) is 11.5 Å². The molecule has 1 rings (SSSR count). The van der Waals surface area contributed by atoms with Gasteiger partial charge in [-0.2, -0.15) is 0 Å². The molecule has 72 valence electrons. The van der Waals surface area contributed by atoms with Crippen LogP contribution in [0.25, 0.3) is 0 Å². The number of nitrogens with two attached hydrogens (primary N) is 1. The van der Waals surface area contributed by atoms with E-state index in [4.69, 9.17) is 17.3 Å². The fraction of sp³-hybridized carbons (Fsp3) is 0.250. The Balaban J connectivity index is 3.29. The minimum Gasteiger partial charge on any atom is -0.504 e. The van der Waals surface area contributed by atoms with Crippen molar-refractivity contribution in [2.45, 2.75) is 6.08 Å². The Morgan fingerprint density at radius 1 is 1.46 bits per heavy atom. The number of aliphatic hydroxyl groups is 1. The van der Waals surface area contributed by atoms with Gasteiger partial charge in [-0.1, -0.05) is 0 Å². The SMILES string of the molecule is [2H]C(O)(CN)c1cc(O)c(O)cc1[18F]. The number of phenols is 2. The number of phenolic OH excluding ortho intramolecular Hbond substituents is 2. The van der Waals surface area contributed by atoms with Crippen molar-refractivity contribution in [3.63, 3.8) is 0 Å². The van der Waals surface area contributed by atoms with Crippen LogP contribution in [-0.4, -0.2) is 21.9 Å². The number of halogens is 1. The quantitative estimate of drug-likeness (QED) is 0.499. The monoisotopic (exact) mass is 187 g/mol. The van der Waals surface area contributed by atoms with Crippen molar-refractivity contribution >= 4 is 0 Å². The molecule has 1 aromatic rings. The molecule has 0 radical (unpaired) electrons. The fourth-order valence-corrected chi connectivity index (χ4v) is 0.882. The molecular formula is C8H10FNO3. The Kier molecular flexibility index (Phi) is 2.29. The summed E-state index contributed by atoms with van der Waals surface area (Å²) in [5.41, 5.74) is 4.57. The lowest BCUT2D eigenvalue weighted by Gasteiger charge is -2.10. The van der Waals surface area contributed by atoms with Gasteiger partial charge < -0.3 is 21.1 Å². The van der Waals surface area contributed by atoms with Crippen molar-refractivity contribution in [2.24, 2.45) is 5.73 Å². The third-order valence-electron chi connectivity index (χ3n) is 1.57. The predicted molar refractivity (Wildman–Crippen MR) is 43.7 cm³/mol. The van der Waals surface area contributed by atoms with E-state index < -0.39 is 35.5 Å². The van der Waals surface area contributed by atoms with E-state index in [0.717, 1.165) is 6.07 Å². The molecule has 1 unspecified atom stereocenters. The maximum Gasteiger partial charge on any atom is 0.160 e. The summed E-state index contributed by atoms with van der Waals surface area (Å²) in [6.07, 6.45) is -2.31. The fourth-order valence-electron chi connectivity index (χ4n) is 0.882. The number of hydrogen-bond acceptors (Lipinski definition) is 4. The van der Waals surface area contributed by atoms with Gasteiger partial charge in [0.25, 0.3) is 0 Å². The summed E-state index contributed by atoms with van der Waals surface area (Å²) in [5, 5.41) is 27.2. The average Bonchev–Trinajstić information content (AvgIpc) is 2.11. The molecule has 0 spiro atoms. The molecule has 5 heteroatoms. The highest BCUT2D eigenvalue weighted by molar-refractivity contribution is 5.42. The van der Waals surface area contributed by atoms with Crippen LogP contribution in [0.3, 0.4) is 0 Å². The molecular weight excluding hydrogens is 176 g/mol. The minimum atomic E-state index is -2.31. The van der Waals surface area contributed by atoms with Gasteiger partial charge in [-0.25, -0.2) is 4.39 Å². The van der Waals surface area contributed by atoms with E-state index in [1.54, 1.807) is 0 Å². The van der Waals surface area contributed by atoms with Gasteiger partial charge in [-0.05, 0) is 6.07 Å². The number of hydrogen-bond donors (Lipinski definition) is 4. The molecule has 0 aliphatic carbocycles. The van der Waals surface area contributed by atoms with E-state index in [1.165, 1.54) is 0 Å². The van der Waals surface area contributed by atoms with Gasteiger partial charge in [0.05, 0.1) is 7.45 Å². The summed E-state index contributed by atoms with van der Waals surface area (Å²) >= 11 is 0. The highest BCUT2D eigenvalue weighted by atomic mass is 18.2. The average molecular weight is 187 g/mol. The zero-order chi connectivity index (χ0) is 10.9. The molecule has 0 saturated heterocycles. The van der Waals surface area contributed by atoms with Gasteiger partial charge in [-0.15, -0.1) is 0 Å². The molecule has 0 aliphatic rings. The Morgan fingerprint density at radius 3 is 2.54 bits per heavy atom. The minimum absolute atomic E-state index is 0.477. The van der Waals surface area contributed by atoms with Crippen LogP contribution in [0.1, 0.15) is 13.0 Å². The Bertz CT molecular complexity index is 357. The Morgan fingerprint density at radius 2 is 2.00 bits per heavy atom. The van der Waals surface area contributed by atoms with Gasteiger partial charge in [0.2, 0.25) is 0 Å². The number of rotatable bonds is 2. The topological polar surface area (TPSA) is 86.7 Å². The van der Waals surface area contributed by atoms with Crippen LogP contribution in [0.5, 0.6) is 11.5 Å². The summed E-state index contributed by atoms with van der Waals surface area (Å²) in [6.45, 7) is -0.520. The second-order valence-electron chi connectivity index (χ2n) is 2.47. The molecule has 1 atom stereocenters. The first-order chi connectivity index (χ1) is 6.38. The number of aromatic hydroxyl groups is 2. The standard InChI is InChI=1S/C8H10FNO3/c9-5-2-7(12)6(11)1-4(5)8(13)3-10/h1-2,8,11-13H,3,10H2/i8D,9-1. The molecule has 0 bridgehead atoms.